The van der Waals surface area contributed by atoms with Crippen molar-refractivity contribution in [2.45, 2.75) is 19.4 Å². The van der Waals surface area contributed by atoms with Crippen LogP contribution in [0.2, 0.25) is 0 Å². The van der Waals surface area contributed by atoms with Crippen LogP contribution in [0.1, 0.15) is 34.1 Å². The van der Waals surface area contributed by atoms with E-state index >= 15 is 0 Å². The van der Waals surface area contributed by atoms with Crippen molar-refractivity contribution in [1.82, 2.24) is 4.90 Å². The quantitative estimate of drug-likeness (QED) is 0.592. The van der Waals surface area contributed by atoms with Crippen molar-refractivity contribution in [1.29, 1.82) is 0 Å². The second-order valence-electron chi connectivity index (χ2n) is 6.28. The number of hydrogen-bond donors (Lipinski definition) is 1. The lowest BCUT2D eigenvalue weighted by atomic mass is 10.1. The Hall–Kier alpha value is -3.62. The second-order valence-corrected chi connectivity index (χ2v) is 6.28. The first-order chi connectivity index (χ1) is 13.8. The maximum Gasteiger partial charge on any atom is 0.308 e. The molecule has 0 spiro atoms. The van der Waals surface area contributed by atoms with E-state index in [0.717, 1.165) is 23.1 Å². The fourth-order valence-electron chi connectivity index (χ4n) is 2.80. The molecule has 0 aliphatic carbocycles. The third-order valence-corrected chi connectivity index (χ3v) is 4.31. The Morgan fingerprint density at radius 1 is 1.00 bits per heavy atom. The molecule has 0 saturated carbocycles. The number of rotatable bonds is 6. The van der Waals surface area contributed by atoms with Crippen molar-refractivity contribution in [2.75, 3.05) is 11.9 Å². The molecule has 1 heterocycles. The number of imide groups is 1. The smallest absolute Gasteiger partial charge is 0.308 e. The van der Waals surface area contributed by atoms with Gasteiger partial charge in [-0.2, -0.15) is 0 Å². The number of benzene rings is 2. The molecule has 1 aliphatic rings. The van der Waals surface area contributed by atoms with Gasteiger partial charge in [0, 0.05) is 6.54 Å². The molecule has 3 amide bonds. The zero-order valence-electron chi connectivity index (χ0n) is 15.3. The van der Waals surface area contributed by atoms with E-state index < -0.39 is 47.1 Å². The Morgan fingerprint density at radius 3 is 2.10 bits per heavy atom. The number of amides is 3. The molecule has 1 atom stereocenters. The summed E-state index contributed by atoms with van der Waals surface area (Å²) in [6, 6.07) is 9.36. The van der Waals surface area contributed by atoms with Gasteiger partial charge in [-0.25, -0.2) is 8.78 Å². The third-order valence-electron chi connectivity index (χ3n) is 4.31. The highest BCUT2D eigenvalue weighted by Gasteiger charge is 2.35. The van der Waals surface area contributed by atoms with Crippen LogP contribution in [0.25, 0.3) is 0 Å². The van der Waals surface area contributed by atoms with Gasteiger partial charge in [0.1, 0.15) is 17.3 Å². The van der Waals surface area contributed by atoms with Gasteiger partial charge in [0.05, 0.1) is 17.5 Å². The van der Waals surface area contributed by atoms with Gasteiger partial charge >= 0.3 is 5.97 Å². The highest BCUT2D eigenvalue weighted by Crippen LogP contribution is 2.22. The van der Waals surface area contributed by atoms with E-state index in [4.69, 9.17) is 4.74 Å². The molecule has 1 unspecified atom stereocenters. The van der Waals surface area contributed by atoms with Crippen molar-refractivity contribution in [2.24, 2.45) is 0 Å². The topological polar surface area (TPSA) is 92.8 Å². The van der Waals surface area contributed by atoms with Gasteiger partial charge in [-0.1, -0.05) is 18.2 Å². The molecule has 0 bridgehead atoms. The number of hydrogen-bond acceptors (Lipinski definition) is 5. The highest BCUT2D eigenvalue weighted by molar-refractivity contribution is 6.21. The summed E-state index contributed by atoms with van der Waals surface area (Å²) in [7, 11) is 0. The minimum Gasteiger partial charge on any atom is -0.452 e. The SMILES string of the molecule is CC(OC(=O)CCN1C(=O)c2ccccc2C1=O)C(=O)Nc1c(F)cccc1F. The van der Waals surface area contributed by atoms with Crippen LogP contribution in [0.5, 0.6) is 0 Å². The van der Waals surface area contributed by atoms with E-state index in [-0.39, 0.29) is 24.1 Å². The average Bonchev–Trinajstić information content (AvgIpc) is 2.93. The van der Waals surface area contributed by atoms with Crippen LogP contribution in [0.15, 0.2) is 42.5 Å². The summed E-state index contributed by atoms with van der Waals surface area (Å²) in [5.74, 6) is -4.75. The predicted octanol–water partition coefficient (Wildman–Crippen LogP) is 2.52. The Balaban J connectivity index is 1.54. The maximum atomic E-state index is 13.6. The number of fused-ring (bicyclic) bond motifs is 1. The largest absolute Gasteiger partial charge is 0.452 e. The molecule has 9 heteroatoms. The minimum atomic E-state index is -1.34. The second kappa shape index (κ2) is 8.17. The fraction of sp³-hybridized carbons (Fsp3) is 0.200. The summed E-state index contributed by atoms with van der Waals surface area (Å²) in [6.07, 6.45) is -1.68. The molecule has 2 aromatic rings. The van der Waals surface area contributed by atoms with Gasteiger partial charge in [-0.05, 0) is 31.2 Å². The maximum absolute atomic E-state index is 13.6. The lowest BCUT2D eigenvalue weighted by molar-refractivity contribution is -0.153. The number of nitrogens with one attached hydrogen (secondary N) is 1. The van der Waals surface area contributed by atoms with Crippen LogP contribution in [-0.4, -0.2) is 41.2 Å². The van der Waals surface area contributed by atoms with Crippen molar-refractivity contribution in [3.05, 3.63) is 65.2 Å². The summed E-state index contributed by atoms with van der Waals surface area (Å²) < 4.78 is 32.1. The number of halogens is 2. The lowest BCUT2D eigenvalue weighted by Gasteiger charge is -2.16. The van der Waals surface area contributed by atoms with E-state index in [1.807, 2.05) is 5.32 Å². The van der Waals surface area contributed by atoms with E-state index in [1.165, 1.54) is 19.1 Å². The first-order valence-electron chi connectivity index (χ1n) is 8.69. The Kier molecular flexibility index (Phi) is 5.67. The number of ether oxygens (including phenoxy) is 1. The molecule has 150 valence electrons. The number of nitrogens with zero attached hydrogens (tertiary/aromatic N) is 1. The highest BCUT2D eigenvalue weighted by atomic mass is 19.1. The summed E-state index contributed by atoms with van der Waals surface area (Å²) in [5, 5.41) is 2.02. The van der Waals surface area contributed by atoms with Crippen LogP contribution in [-0.2, 0) is 14.3 Å². The molecule has 0 fully saturated rings. The monoisotopic (exact) mass is 402 g/mol. The molecule has 0 aromatic heterocycles. The number of esters is 1. The van der Waals surface area contributed by atoms with Gasteiger partial charge in [0.25, 0.3) is 17.7 Å². The normalized spacial score (nSPS) is 13.8. The number of carbonyl (C=O) groups is 4. The molecule has 29 heavy (non-hydrogen) atoms. The molecule has 3 rings (SSSR count). The van der Waals surface area contributed by atoms with Gasteiger partial charge in [-0.3, -0.25) is 24.1 Å². The molecule has 0 saturated heterocycles. The molecular formula is C20H16F2N2O5. The fourth-order valence-corrected chi connectivity index (χ4v) is 2.80. The van der Waals surface area contributed by atoms with Gasteiger partial charge in [0.2, 0.25) is 0 Å². The Morgan fingerprint density at radius 2 is 1.55 bits per heavy atom. The standard InChI is InChI=1S/C20H16F2N2O5/c1-11(18(26)23-17-14(21)7-4-8-15(17)22)29-16(25)9-10-24-19(27)12-5-2-3-6-13(12)20(24)28/h2-8,11H,9-10H2,1H3,(H,23,26). The van der Waals surface area contributed by atoms with E-state index in [0.29, 0.717) is 0 Å². The van der Waals surface area contributed by atoms with Crippen LogP contribution in [0, 0.1) is 11.6 Å². The van der Waals surface area contributed by atoms with Crippen molar-refractivity contribution in [3.8, 4) is 0 Å². The molecule has 1 aliphatic heterocycles. The third kappa shape index (κ3) is 4.13. The number of carbonyl (C=O) groups excluding carboxylic acids is 4. The Bertz CT molecular complexity index is 953. The zero-order chi connectivity index (χ0) is 21.1. The molecule has 7 nitrogen and oxygen atoms in total. The minimum absolute atomic E-state index is 0.221. The van der Waals surface area contributed by atoms with Crippen LogP contribution in [0.4, 0.5) is 14.5 Å². The molecular weight excluding hydrogens is 386 g/mol. The van der Waals surface area contributed by atoms with Gasteiger partial charge in [-0.15, -0.1) is 0 Å². The van der Waals surface area contributed by atoms with E-state index in [2.05, 4.69) is 0 Å². The average molecular weight is 402 g/mol. The summed E-state index contributed by atoms with van der Waals surface area (Å²) in [6.45, 7) is 1.01. The van der Waals surface area contributed by atoms with E-state index in [1.54, 1.807) is 12.1 Å². The summed E-state index contributed by atoms with van der Waals surface area (Å²) in [4.78, 5) is 49.4. The van der Waals surface area contributed by atoms with Crippen molar-refractivity contribution in [3.63, 3.8) is 0 Å². The van der Waals surface area contributed by atoms with Crippen LogP contribution in [0.3, 0.4) is 0 Å². The molecule has 1 N–H and O–H groups in total. The number of anilines is 1. The first kappa shape index (κ1) is 20.1. The first-order valence-corrected chi connectivity index (χ1v) is 8.69. The van der Waals surface area contributed by atoms with E-state index in [9.17, 15) is 28.0 Å². The van der Waals surface area contributed by atoms with Gasteiger partial charge < -0.3 is 10.1 Å². The zero-order valence-corrected chi connectivity index (χ0v) is 15.3. The molecule has 2 aromatic carbocycles. The van der Waals surface area contributed by atoms with Crippen molar-refractivity contribution < 1.29 is 32.7 Å². The molecule has 0 radical (unpaired) electrons. The van der Waals surface area contributed by atoms with Gasteiger partial charge in [0.15, 0.2) is 6.10 Å². The van der Waals surface area contributed by atoms with Crippen molar-refractivity contribution >= 4 is 29.4 Å². The lowest BCUT2D eigenvalue weighted by Crippen LogP contribution is -2.34. The Labute approximate surface area is 164 Å². The summed E-state index contributed by atoms with van der Waals surface area (Å²) in [5.41, 5.74) is -0.137. The predicted molar refractivity (Wildman–Crippen MR) is 97.0 cm³/mol. The summed E-state index contributed by atoms with van der Waals surface area (Å²) >= 11 is 0. The van der Waals surface area contributed by atoms with Crippen LogP contribution >= 0.6 is 0 Å². The van der Waals surface area contributed by atoms with Crippen LogP contribution < -0.4 is 5.32 Å². The number of para-hydroxylation sites is 1.